The van der Waals surface area contributed by atoms with Crippen LogP contribution in [0.2, 0.25) is 0 Å². The van der Waals surface area contributed by atoms with E-state index in [1.54, 1.807) is 23.6 Å². The van der Waals surface area contributed by atoms with Crippen molar-refractivity contribution in [2.75, 3.05) is 12.3 Å². The number of aromatic nitrogens is 3. The highest BCUT2D eigenvalue weighted by Crippen LogP contribution is 2.34. The number of nitrogen functional groups attached to an aromatic ring is 1. The van der Waals surface area contributed by atoms with E-state index in [0.29, 0.717) is 23.5 Å². The first-order valence-corrected chi connectivity index (χ1v) is 8.52. The summed E-state index contributed by atoms with van der Waals surface area (Å²) >= 11 is 0. The number of carbonyl (C=O) groups excluding carboxylic acids is 1. The molecule has 0 aliphatic rings. The molecule has 136 valence electrons. The minimum Gasteiger partial charge on any atom is -0.465 e. The lowest BCUT2D eigenvalue weighted by molar-refractivity contribution is -0.143. The van der Waals surface area contributed by atoms with Crippen LogP contribution in [-0.2, 0) is 16.1 Å². The lowest BCUT2D eigenvalue weighted by Crippen LogP contribution is -2.13. The highest BCUT2D eigenvalue weighted by atomic mass is 19.1. The number of halogens is 1. The number of ether oxygens (including phenoxy) is 1. The number of benzene rings is 2. The number of nitrogens with two attached hydrogens (primary N) is 1. The fraction of sp³-hybridized carbons (Fsp3) is 0.150. The molecule has 0 radical (unpaired) electrons. The number of nitrogens with zero attached hydrogens (tertiary/aromatic N) is 3. The van der Waals surface area contributed by atoms with E-state index < -0.39 is 0 Å². The summed E-state index contributed by atoms with van der Waals surface area (Å²) < 4.78 is 20.1. The molecule has 0 saturated heterocycles. The van der Waals surface area contributed by atoms with Crippen molar-refractivity contribution in [3.05, 3.63) is 54.6 Å². The third kappa shape index (κ3) is 2.97. The maximum Gasteiger partial charge on any atom is 0.326 e. The second-order valence-electron chi connectivity index (χ2n) is 6.09. The number of fused-ring (bicyclic) bond motifs is 3. The minimum atomic E-state index is -0.351. The van der Waals surface area contributed by atoms with Crippen molar-refractivity contribution in [2.24, 2.45) is 0 Å². The van der Waals surface area contributed by atoms with Crippen LogP contribution in [0.3, 0.4) is 0 Å². The fourth-order valence-electron chi connectivity index (χ4n) is 3.26. The van der Waals surface area contributed by atoms with Gasteiger partial charge in [0, 0.05) is 5.39 Å². The van der Waals surface area contributed by atoms with E-state index >= 15 is 0 Å². The number of rotatable bonds is 4. The van der Waals surface area contributed by atoms with E-state index in [0.717, 1.165) is 22.0 Å². The van der Waals surface area contributed by atoms with Gasteiger partial charge in [-0.1, -0.05) is 18.2 Å². The SMILES string of the molecule is CCOC(=O)Cn1c2ccc(-c3ccc(F)cc3)cc2c2c(N)ncnc21. The van der Waals surface area contributed by atoms with Crippen molar-refractivity contribution in [1.29, 1.82) is 0 Å². The predicted molar refractivity (Wildman–Crippen MR) is 101 cm³/mol. The Kier molecular flexibility index (Phi) is 4.19. The van der Waals surface area contributed by atoms with E-state index in [9.17, 15) is 9.18 Å². The molecule has 6 nitrogen and oxygen atoms in total. The van der Waals surface area contributed by atoms with Crippen LogP contribution >= 0.6 is 0 Å². The molecule has 0 spiro atoms. The van der Waals surface area contributed by atoms with Crippen LogP contribution in [0.1, 0.15) is 6.92 Å². The van der Waals surface area contributed by atoms with Gasteiger partial charge in [0.1, 0.15) is 30.2 Å². The summed E-state index contributed by atoms with van der Waals surface area (Å²) in [5.74, 6) is -0.302. The van der Waals surface area contributed by atoms with Gasteiger partial charge in [-0.2, -0.15) is 0 Å². The summed E-state index contributed by atoms with van der Waals surface area (Å²) in [6.45, 7) is 2.10. The average molecular weight is 364 g/mol. The molecule has 0 unspecified atom stereocenters. The highest BCUT2D eigenvalue weighted by molar-refractivity contribution is 6.12. The maximum absolute atomic E-state index is 13.2. The molecule has 0 aliphatic heterocycles. The van der Waals surface area contributed by atoms with Crippen molar-refractivity contribution in [2.45, 2.75) is 13.5 Å². The van der Waals surface area contributed by atoms with Gasteiger partial charge in [0.15, 0.2) is 0 Å². The molecule has 0 saturated carbocycles. The summed E-state index contributed by atoms with van der Waals surface area (Å²) in [5, 5.41) is 1.51. The maximum atomic E-state index is 13.2. The van der Waals surface area contributed by atoms with Crippen LogP contribution in [0, 0.1) is 5.82 Å². The Hall–Kier alpha value is -3.48. The summed E-state index contributed by atoms with van der Waals surface area (Å²) in [7, 11) is 0. The smallest absolute Gasteiger partial charge is 0.326 e. The van der Waals surface area contributed by atoms with Gasteiger partial charge in [-0.25, -0.2) is 14.4 Å². The van der Waals surface area contributed by atoms with Crippen LogP contribution < -0.4 is 5.73 Å². The molecule has 0 aliphatic carbocycles. The molecule has 4 rings (SSSR count). The van der Waals surface area contributed by atoms with Gasteiger partial charge >= 0.3 is 5.97 Å². The number of esters is 1. The third-order valence-corrected chi connectivity index (χ3v) is 4.44. The normalized spacial score (nSPS) is 11.2. The van der Waals surface area contributed by atoms with Gasteiger partial charge in [-0.15, -0.1) is 0 Å². The Balaban J connectivity index is 1.94. The van der Waals surface area contributed by atoms with Gasteiger partial charge in [-0.05, 0) is 42.3 Å². The van der Waals surface area contributed by atoms with E-state index in [1.165, 1.54) is 18.5 Å². The van der Waals surface area contributed by atoms with E-state index in [2.05, 4.69) is 9.97 Å². The lowest BCUT2D eigenvalue weighted by Gasteiger charge is -2.07. The van der Waals surface area contributed by atoms with Gasteiger partial charge in [0.2, 0.25) is 0 Å². The highest BCUT2D eigenvalue weighted by Gasteiger charge is 2.18. The number of hydrogen-bond donors (Lipinski definition) is 1. The van der Waals surface area contributed by atoms with Crippen molar-refractivity contribution in [1.82, 2.24) is 14.5 Å². The van der Waals surface area contributed by atoms with Crippen molar-refractivity contribution in [3.63, 3.8) is 0 Å². The average Bonchev–Trinajstić information content (AvgIpc) is 2.97. The van der Waals surface area contributed by atoms with Crippen LogP contribution in [0.4, 0.5) is 10.2 Å². The molecule has 2 N–H and O–H groups in total. The van der Waals surface area contributed by atoms with Gasteiger partial charge in [-0.3, -0.25) is 4.79 Å². The Morgan fingerprint density at radius 1 is 1.15 bits per heavy atom. The van der Waals surface area contributed by atoms with Crippen LogP contribution in [0.5, 0.6) is 0 Å². The topological polar surface area (TPSA) is 83.0 Å². The number of anilines is 1. The second kappa shape index (κ2) is 6.68. The molecule has 0 amide bonds. The van der Waals surface area contributed by atoms with Crippen molar-refractivity contribution >= 4 is 33.7 Å². The molecular weight excluding hydrogens is 347 g/mol. The molecular formula is C20H17FN4O2. The number of carbonyl (C=O) groups is 1. The summed E-state index contributed by atoms with van der Waals surface area (Å²) in [5.41, 5.74) is 9.26. The Bertz CT molecular complexity index is 1150. The largest absolute Gasteiger partial charge is 0.465 e. The van der Waals surface area contributed by atoms with E-state index in [1.807, 2.05) is 18.2 Å². The zero-order valence-electron chi connectivity index (χ0n) is 14.6. The minimum absolute atomic E-state index is 0.0280. The predicted octanol–water partition coefficient (Wildman–Crippen LogP) is 3.54. The summed E-state index contributed by atoms with van der Waals surface area (Å²) in [6, 6.07) is 12.0. The van der Waals surface area contributed by atoms with Crippen molar-refractivity contribution in [3.8, 4) is 11.1 Å². The third-order valence-electron chi connectivity index (χ3n) is 4.44. The molecule has 2 heterocycles. The molecule has 0 atom stereocenters. The van der Waals surface area contributed by atoms with E-state index in [-0.39, 0.29) is 18.3 Å². The first-order valence-electron chi connectivity index (χ1n) is 8.52. The first-order chi connectivity index (χ1) is 13.1. The lowest BCUT2D eigenvalue weighted by atomic mass is 10.0. The quantitative estimate of drug-likeness (QED) is 0.560. The van der Waals surface area contributed by atoms with Crippen molar-refractivity contribution < 1.29 is 13.9 Å². The molecule has 27 heavy (non-hydrogen) atoms. The van der Waals surface area contributed by atoms with Crippen LogP contribution in [0.25, 0.3) is 33.1 Å². The van der Waals surface area contributed by atoms with Gasteiger partial charge in [0.25, 0.3) is 0 Å². The van der Waals surface area contributed by atoms with Gasteiger partial charge in [0.05, 0.1) is 17.5 Å². The van der Waals surface area contributed by atoms with Crippen LogP contribution in [-0.4, -0.2) is 27.1 Å². The molecule has 0 bridgehead atoms. The molecule has 2 aromatic heterocycles. The first kappa shape index (κ1) is 17.0. The zero-order chi connectivity index (χ0) is 19.0. The Labute approximate surface area is 154 Å². The van der Waals surface area contributed by atoms with E-state index in [4.69, 9.17) is 10.5 Å². The molecule has 2 aromatic carbocycles. The second-order valence-corrected chi connectivity index (χ2v) is 6.09. The number of hydrogen-bond acceptors (Lipinski definition) is 5. The molecule has 0 fully saturated rings. The Morgan fingerprint density at radius 3 is 2.63 bits per heavy atom. The fourth-order valence-corrected chi connectivity index (χ4v) is 3.26. The van der Waals surface area contributed by atoms with Crippen LogP contribution in [0.15, 0.2) is 48.8 Å². The molecule has 4 aromatic rings. The zero-order valence-corrected chi connectivity index (χ0v) is 14.6. The van der Waals surface area contributed by atoms with Gasteiger partial charge < -0.3 is 15.0 Å². The summed E-state index contributed by atoms with van der Waals surface area (Å²) in [6.07, 6.45) is 1.37. The molecule has 7 heteroatoms. The standard InChI is InChI=1S/C20H17FN4O2/c1-2-27-17(26)10-25-16-8-5-13(12-3-6-14(21)7-4-12)9-15(16)18-19(22)23-11-24-20(18)25/h3-9,11H,2,10H2,1H3,(H2,22,23,24). The monoisotopic (exact) mass is 364 g/mol. The Morgan fingerprint density at radius 2 is 1.89 bits per heavy atom. The summed E-state index contributed by atoms with van der Waals surface area (Å²) in [4.78, 5) is 20.5.